The highest BCUT2D eigenvalue weighted by Crippen LogP contribution is 2.42. The fourth-order valence-electron chi connectivity index (χ4n) is 2.93. The fourth-order valence-corrected chi connectivity index (χ4v) is 2.93. The van der Waals surface area contributed by atoms with Gasteiger partial charge in [-0.1, -0.05) is 18.2 Å². The first-order chi connectivity index (χ1) is 9.62. The van der Waals surface area contributed by atoms with Crippen LogP contribution in [-0.2, 0) is 6.42 Å². The van der Waals surface area contributed by atoms with E-state index < -0.39 is 0 Å². The number of benzene rings is 1. The van der Waals surface area contributed by atoms with Crippen molar-refractivity contribution in [3.8, 4) is 16.9 Å². The van der Waals surface area contributed by atoms with Crippen LogP contribution in [0, 0.1) is 0 Å². The van der Waals surface area contributed by atoms with Crippen LogP contribution in [0.5, 0.6) is 5.75 Å². The van der Waals surface area contributed by atoms with Gasteiger partial charge in [0, 0.05) is 24.4 Å². The molecule has 1 aliphatic heterocycles. The van der Waals surface area contributed by atoms with Gasteiger partial charge in [0.05, 0.1) is 5.52 Å². The molecule has 100 valence electrons. The van der Waals surface area contributed by atoms with Gasteiger partial charge in [-0.2, -0.15) is 5.10 Å². The Balaban J connectivity index is 1.89. The van der Waals surface area contributed by atoms with Crippen molar-refractivity contribution in [1.82, 2.24) is 9.61 Å². The van der Waals surface area contributed by atoms with Crippen molar-refractivity contribution in [1.29, 1.82) is 0 Å². The standard InChI is InChI=1S/C17H16N2O/c1-17(2)11-13-4-3-5-15(16(13)20-17)12-7-9-19-14(10-12)6-8-18-19/h3-10H,11H2,1-2H3. The number of rotatable bonds is 1. The maximum atomic E-state index is 6.15. The summed E-state index contributed by atoms with van der Waals surface area (Å²) in [7, 11) is 0. The third-order valence-corrected chi connectivity index (χ3v) is 3.80. The number of hydrogen-bond donors (Lipinski definition) is 0. The molecular weight excluding hydrogens is 248 g/mol. The molecule has 0 saturated heterocycles. The van der Waals surface area contributed by atoms with Gasteiger partial charge in [-0.05, 0) is 43.2 Å². The molecule has 3 heterocycles. The molecule has 0 fully saturated rings. The predicted octanol–water partition coefficient (Wildman–Crippen LogP) is 3.71. The highest BCUT2D eigenvalue weighted by molar-refractivity contribution is 5.76. The summed E-state index contributed by atoms with van der Waals surface area (Å²) < 4.78 is 8.02. The van der Waals surface area contributed by atoms with Crippen molar-refractivity contribution in [3.63, 3.8) is 0 Å². The summed E-state index contributed by atoms with van der Waals surface area (Å²) in [6.07, 6.45) is 4.77. The van der Waals surface area contributed by atoms with E-state index in [1.54, 1.807) is 0 Å². The Bertz CT molecular complexity index is 802. The number of hydrogen-bond acceptors (Lipinski definition) is 2. The summed E-state index contributed by atoms with van der Waals surface area (Å²) in [5, 5.41) is 4.23. The number of pyridine rings is 1. The van der Waals surface area contributed by atoms with E-state index in [9.17, 15) is 0 Å². The lowest BCUT2D eigenvalue weighted by Crippen LogP contribution is -2.24. The SMILES string of the molecule is CC1(C)Cc2cccc(-c3ccn4nccc4c3)c2O1. The van der Waals surface area contributed by atoms with Crippen LogP contribution in [0.15, 0.2) is 48.8 Å². The zero-order chi connectivity index (χ0) is 13.7. The summed E-state index contributed by atoms with van der Waals surface area (Å²) in [6, 6.07) is 12.6. The summed E-state index contributed by atoms with van der Waals surface area (Å²) in [5.74, 6) is 1.03. The summed E-state index contributed by atoms with van der Waals surface area (Å²) in [6.45, 7) is 4.27. The van der Waals surface area contributed by atoms with Gasteiger partial charge in [0.25, 0.3) is 0 Å². The molecule has 20 heavy (non-hydrogen) atoms. The first-order valence-corrected chi connectivity index (χ1v) is 6.87. The minimum Gasteiger partial charge on any atom is -0.487 e. The van der Waals surface area contributed by atoms with Crippen LogP contribution in [0.3, 0.4) is 0 Å². The second kappa shape index (κ2) is 3.85. The van der Waals surface area contributed by atoms with Gasteiger partial charge in [-0.3, -0.25) is 0 Å². The van der Waals surface area contributed by atoms with Crippen LogP contribution < -0.4 is 4.74 Å². The Kier molecular flexibility index (Phi) is 2.22. The van der Waals surface area contributed by atoms with E-state index in [0.29, 0.717) is 0 Å². The Morgan fingerprint density at radius 2 is 2.10 bits per heavy atom. The smallest absolute Gasteiger partial charge is 0.131 e. The number of aromatic nitrogens is 2. The number of nitrogens with zero attached hydrogens (tertiary/aromatic N) is 2. The van der Waals surface area contributed by atoms with E-state index in [1.807, 2.05) is 23.0 Å². The van der Waals surface area contributed by atoms with Gasteiger partial charge in [0.2, 0.25) is 0 Å². The Morgan fingerprint density at radius 3 is 3.00 bits per heavy atom. The molecule has 3 heteroatoms. The highest BCUT2D eigenvalue weighted by Gasteiger charge is 2.31. The zero-order valence-corrected chi connectivity index (χ0v) is 11.6. The molecule has 4 rings (SSSR count). The molecule has 0 saturated carbocycles. The van der Waals surface area contributed by atoms with E-state index in [2.05, 4.69) is 49.3 Å². The summed E-state index contributed by atoms with van der Waals surface area (Å²) in [5.41, 5.74) is 4.61. The summed E-state index contributed by atoms with van der Waals surface area (Å²) >= 11 is 0. The Morgan fingerprint density at radius 1 is 1.20 bits per heavy atom. The first kappa shape index (κ1) is 11.5. The predicted molar refractivity (Wildman–Crippen MR) is 79.0 cm³/mol. The molecule has 0 aliphatic carbocycles. The molecule has 0 radical (unpaired) electrons. The molecule has 1 aromatic carbocycles. The topological polar surface area (TPSA) is 26.5 Å². The number of ether oxygens (including phenoxy) is 1. The van der Waals surface area contributed by atoms with Crippen LogP contribution in [0.2, 0.25) is 0 Å². The van der Waals surface area contributed by atoms with Crippen LogP contribution >= 0.6 is 0 Å². The van der Waals surface area contributed by atoms with E-state index >= 15 is 0 Å². The largest absolute Gasteiger partial charge is 0.487 e. The monoisotopic (exact) mass is 264 g/mol. The maximum absolute atomic E-state index is 6.15. The van der Waals surface area contributed by atoms with Crippen molar-refractivity contribution >= 4 is 5.52 Å². The molecule has 0 unspecified atom stereocenters. The molecule has 3 aromatic rings. The lowest BCUT2D eigenvalue weighted by atomic mass is 9.98. The second-order valence-electron chi connectivity index (χ2n) is 5.95. The highest BCUT2D eigenvalue weighted by atomic mass is 16.5. The molecule has 1 aliphatic rings. The van der Waals surface area contributed by atoms with Crippen LogP contribution in [0.25, 0.3) is 16.6 Å². The molecule has 3 nitrogen and oxygen atoms in total. The Hall–Kier alpha value is -2.29. The van der Waals surface area contributed by atoms with Gasteiger partial charge in [0.1, 0.15) is 11.4 Å². The van der Waals surface area contributed by atoms with E-state index in [-0.39, 0.29) is 5.60 Å². The third-order valence-electron chi connectivity index (χ3n) is 3.80. The number of fused-ring (bicyclic) bond motifs is 2. The molecule has 2 aromatic heterocycles. The van der Waals surface area contributed by atoms with E-state index in [4.69, 9.17) is 4.74 Å². The molecule has 0 N–H and O–H groups in total. The summed E-state index contributed by atoms with van der Waals surface area (Å²) in [4.78, 5) is 0. The van der Waals surface area contributed by atoms with Gasteiger partial charge in [-0.15, -0.1) is 0 Å². The fraction of sp³-hybridized carbons (Fsp3) is 0.235. The Labute approximate surface area is 117 Å². The lowest BCUT2D eigenvalue weighted by molar-refractivity contribution is 0.139. The average molecular weight is 264 g/mol. The van der Waals surface area contributed by atoms with Crippen molar-refractivity contribution in [2.45, 2.75) is 25.9 Å². The van der Waals surface area contributed by atoms with Crippen molar-refractivity contribution < 1.29 is 4.74 Å². The minimum absolute atomic E-state index is 0.112. The average Bonchev–Trinajstić information content (AvgIpc) is 2.98. The minimum atomic E-state index is -0.112. The second-order valence-corrected chi connectivity index (χ2v) is 5.95. The zero-order valence-electron chi connectivity index (χ0n) is 11.6. The molecule has 0 atom stereocenters. The maximum Gasteiger partial charge on any atom is 0.131 e. The van der Waals surface area contributed by atoms with Gasteiger partial charge in [-0.25, -0.2) is 4.52 Å². The molecule has 0 amide bonds. The van der Waals surface area contributed by atoms with Gasteiger partial charge >= 0.3 is 0 Å². The van der Waals surface area contributed by atoms with Crippen LogP contribution in [-0.4, -0.2) is 15.2 Å². The van der Waals surface area contributed by atoms with Crippen molar-refractivity contribution in [3.05, 3.63) is 54.4 Å². The van der Waals surface area contributed by atoms with Crippen LogP contribution in [0.1, 0.15) is 19.4 Å². The molecule has 0 spiro atoms. The third kappa shape index (κ3) is 1.70. The van der Waals surface area contributed by atoms with Crippen molar-refractivity contribution in [2.24, 2.45) is 0 Å². The van der Waals surface area contributed by atoms with E-state index in [1.165, 1.54) is 11.1 Å². The van der Waals surface area contributed by atoms with Gasteiger partial charge < -0.3 is 4.74 Å². The molecule has 0 bridgehead atoms. The molecular formula is C17H16N2O. The quantitative estimate of drug-likeness (QED) is 0.669. The van der Waals surface area contributed by atoms with Crippen molar-refractivity contribution in [2.75, 3.05) is 0 Å². The normalized spacial score (nSPS) is 16.1. The van der Waals surface area contributed by atoms with E-state index in [0.717, 1.165) is 23.3 Å². The first-order valence-electron chi connectivity index (χ1n) is 6.87. The van der Waals surface area contributed by atoms with Gasteiger partial charge in [0.15, 0.2) is 0 Å². The lowest BCUT2D eigenvalue weighted by Gasteiger charge is -2.18. The van der Waals surface area contributed by atoms with Crippen LogP contribution in [0.4, 0.5) is 0 Å². The number of para-hydroxylation sites is 1.